The largest absolute Gasteiger partial charge is 0.398 e. The molecule has 0 fully saturated rings. The van der Waals surface area contributed by atoms with Crippen molar-refractivity contribution in [3.63, 3.8) is 0 Å². The maximum Gasteiger partial charge on any atom is 0.274 e. The molecule has 1 aromatic heterocycles. The molecule has 5 heteroatoms. The van der Waals surface area contributed by atoms with Gasteiger partial charge < -0.3 is 10.6 Å². The quantitative estimate of drug-likeness (QED) is 0.780. The van der Waals surface area contributed by atoms with Gasteiger partial charge in [0.1, 0.15) is 5.69 Å². The van der Waals surface area contributed by atoms with E-state index in [9.17, 15) is 4.79 Å². The molecule has 0 radical (unpaired) electrons. The molecule has 5 nitrogen and oxygen atoms in total. The van der Waals surface area contributed by atoms with E-state index in [1.807, 2.05) is 30.1 Å². The summed E-state index contributed by atoms with van der Waals surface area (Å²) in [5, 5.41) is 4.16. The molecule has 1 aromatic carbocycles. The predicted octanol–water partition coefficient (Wildman–Crippen LogP) is 1.20. The smallest absolute Gasteiger partial charge is 0.274 e. The summed E-state index contributed by atoms with van der Waals surface area (Å²) in [6, 6.07) is 7.62. The van der Waals surface area contributed by atoms with E-state index in [0.29, 0.717) is 18.8 Å². The summed E-state index contributed by atoms with van der Waals surface area (Å²) >= 11 is 0. The number of fused-ring (bicyclic) bond motifs is 1. The molecule has 98 valence electrons. The molecule has 2 heterocycles. The number of rotatable bonds is 1. The molecule has 19 heavy (non-hydrogen) atoms. The maximum atomic E-state index is 12.3. The first-order chi connectivity index (χ1) is 9.15. The lowest BCUT2D eigenvalue weighted by atomic mass is 9.98. The molecule has 0 atom stereocenters. The Morgan fingerprint density at radius 1 is 1.37 bits per heavy atom. The minimum atomic E-state index is -0.0197. The van der Waals surface area contributed by atoms with Crippen LogP contribution in [0.3, 0.4) is 0 Å². The Bertz CT molecular complexity index is 632. The summed E-state index contributed by atoms with van der Waals surface area (Å²) < 4.78 is 1.64. The second kappa shape index (κ2) is 4.42. The number of nitrogens with two attached hydrogens (primary N) is 1. The van der Waals surface area contributed by atoms with Crippen LogP contribution in [0, 0.1) is 0 Å². The number of nitrogens with zero attached hydrogens (tertiary/aromatic N) is 3. The first kappa shape index (κ1) is 11.8. The van der Waals surface area contributed by atoms with E-state index in [4.69, 9.17) is 5.73 Å². The van der Waals surface area contributed by atoms with E-state index in [1.165, 1.54) is 5.56 Å². The van der Waals surface area contributed by atoms with Gasteiger partial charge in [-0.1, -0.05) is 12.1 Å². The lowest BCUT2D eigenvalue weighted by Gasteiger charge is -2.29. The molecule has 0 unspecified atom stereocenters. The van der Waals surface area contributed by atoms with E-state index in [0.717, 1.165) is 17.7 Å². The van der Waals surface area contributed by atoms with Crippen LogP contribution in [0.15, 0.2) is 30.5 Å². The lowest BCUT2D eigenvalue weighted by molar-refractivity contribution is 0.0728. The number of anilines is 1. The summed E-state index contributed by atoms with van der Waals surface area (Å²) in [5.74, 6) is -0.0197. The van der Waals surface area contributed by atoms with Gasteiger partial charge in [0.15, 0.2) is 0 Å². The maximum absolute atomic E-state index is 12.3. The van der Waals surface area contributed by atoms with E-state index in [2.05, 4.69) is 5.10 Å². The normalized spacial score (nSPS) is 14.3. The number of amides is 1. The van der Waals surface area contributed by atoms with E-state index in [-0.39, 0.29) is 5.91 Å². The average Bonchev–Trinajstić information content (AvgIpc) is 2.84. The summed E-state index contributed by atoms with van der Waals surface area (Å²) in [6.07, 6.45) is 2.59. The van der Waals surface area contributed by atoms with Crippen molar-refractivity contribution in [2.75, 3.05) is 12.3 Å². The van der Waals surface area contributed by atoms with Crippen molar-refractivity contribution in [2.45, 2.75) is 13.0 Å². The minimum Gasteiger partial charge on any atom is -0.398 e. The molecule has 0 saturated heterocycles. The van der Waals surface area contributed by atoms with Gasteiger partial charge in [-0.05, 0) is 29.7 Å². The number of carbonyl (C=O) groups excluding carboxylic acids is 1. The Hall–Kier alpha value is -2.30. The molecule has 0 spiro atoms. The van der Waals surface area contributed by atoms with Crippen LogP contribution >= 0.6 is 0 Å². The van der Waals surface area contributed by atoms with E-state index >= 15 is 0 Å². The molecule has 1 aliphatic heterocycles. The molecule has 0 saturated carbocycles. The van der Waals surface area contributed by atoms with Crippen LogP contribution in [-0.4, -0.2) is 27.1 Å². The van der Waals surface area contributed by atoms with Crippen molar-refractivity contribution >= 4 is 11.6 Å². The van der Waals surface area contributed by atoms with Crippen molar-refractivity contribution in [1.29, 1.82) is 0 Å². The standard InChI is InChI=1S/C14H16N4O/c1-17-7-6-13(16-17)14(19)18-8-5-11-10(9-18)3-2-4-12(11)15/h2-4,6-7H,5,8-9,15H2,1H3. The molecule has 0 bridgehead atoms. The van der Waals surface area contributed by atoms with Gasteiger partial charge in [-0.25, -0.2) is 0 Å². The highest BCUT2D eigenvalue weighted by molar-refractivity contribution is 5.92. The molecule has 0 aliphatic carbocycles. The highest BCUT2D eigenvalue weighted by atomic mass is 16.2. The van der Waals surface area contributed by atoms with Gasteiger partial charge in [-0.3, -0.25) is 9.48 Å². The minimum absolute atomic E-state index is 0.0197. The number of hydrogen-bond donors (Lipinski definition) is 1. The fraction of sp³-hybridized carbons (Fsp3) is 0.286. The fourth-order valence-corrected chi connectivity index (χ4v) is 2.50. The van der Waals surface area contributed by atoms with Gasteiger partial charge >= 0.3 is 0 Å². The topological polar surface area (TPSA) is 64.2 Å². The Balaban J connectivity index is 1.84. The third-order valence-corrected chi connectivity index (χ3v) is 3.52. The molecular weight excluding hydrogens is 240 g/mol. The second-order valence-electron chi connectivity index (χ2n) is 4.84. The van der Waals surface area contributed by atoms with Crippen LogP contribution in [0.4, 0.5) is 5.69 Å². The Morgan fingerprint density at radius 2 is 2.21 bits per heavy atom. The van der Waals surface area contributed by atoms with Gasteiger partial charge in [-0.15, -0.1) is 0 Å². The number of nitrogen functional groups attached to an aromatic ring is 1. The van der Waals surface area contributed by atoms with Crippen molar-refractivity contribution in [2.24, 2.45) is 7.05 Å². The third kappa shape index (κ3) is 2.07. The number of hydrogen-bond acceptors (Lipinski definition) is 3. The molecule has 1 amide bonds. The number of aryl methyl sites for hydroxylation is 1. The van der Waals surface area contributed by atoms with Gasteiger partial charge in [0.05, 0.1) is 0 Å². The summed E-state index contributed by atoms with van der Waals surface area (Å²) in [6.45, 7) is 1.30. The molecule has 2 N–H and O–H groups in total. The molecule has 2 aromatic rings. The molecular formula is C14H16N4O. The summed E-state index contributed by atoms with van der Waals surface area (Å²) in [5.41, 5.74) is 9.58. The van der Waals surface area contributed by atoms with Crippen LogP contribution in [-0.2, 0) is 20.0 Å². The summed E-state index contributed by atoms with van der Waals surface area (Å²) in [7, 11) is 1.81. The SMILES string of the molecule is Cn1ccc(C(=O)N2CCc3c(N)cccc3C2)n1. The van der Waals surface area contributed by atoms with Crippen molar-refractivity contribution in [1.82, 2.24) is 14.7 Å². The third-order valence-electron chi connectivity index (χ3n) is 3.52. The van der Waals surface area contributed by atoms with Crippen LogP contribution < -0.4 is 5.73 Å². The highest BCUT2D eigenvalue weighted by Crippen LogP contribution is 2.24. The highest BCUT2D eigenvalue weighted by Gasteiger charge is 2.23. The van der Waals surface area contributed by atoms with Crippen LogP contribution in [0.25, 0.3) is 0 Å². The lowest BCUT2D eigenvalue weighted by Crippen LogP contribution is -2.36. The van der Waals surface area contributed by atoms with Gasteiger partial charge in [0.2, 0.25) is 0 Å². The monoisotopic (exact) mass is 256 g/mol. The zero-order chi connectivity index (χ0) is 13.4. The van der Waals surface area contributed by atoms with Gasteiger partial charge in [0, 0.05) is 32.0 Å². The van der Waals surface area contributed by atoms with Crippen LogP contribution in [0.1, 0.15) is 21.6 Å². The number of carbonyl (C=O) groups is 1. The van der Waals surface area contributed by atoms with Crippen molar-refractivity contribution < 1.29 is 4.79 Å². The van der Waals surface area contributed by atoms with Crippen LogP contribution in [0.2, 0.25) is 0 Å². The number of benzene rings is 1. The van der Waals surface area contributed by atoms with Crippen molar-refractivity contribution in [3.05, 3.63) is 47.3 Å². The van der Waals surface area contributed by atoms with Crippen molar-refractivity contribution in [3.8, 4) is 0 Å². The van der Waals surface area contributed by atoms with Gasteiger partial charge in [0.25, 0.3) is 5.91 Å². The summed E-state index contributed by atoms with van der Waals surface area (Å²) in [4.78, 5) is 14.2. The van der Waals surface area contributed by atoms with E-state index in [1.54, 1.807) is 16.9 Å². The van der Waals surface area contributed by atoms with Gasteiger partial charge in [-0.2, -0.15) is 5.10 Å². The average molecular weight is 256 g/mol. The fourth-order valence-electron chi connectivity index (χ4n) is 2.50. The Labute approximate surface area is 111 Å². The predicted molar refractivity (Wildman–Crippen MR) is 72.5 cm³/mol. The zero-order valence-electron chi connectivity index (χ0n) is 10.8. The molecule has 1 aliphatic rings. The first-order valence-corrected chi connectivity index (χ1v) is 6.30. The Kier molecular flexibility index (Phi) is 2.74. The molecule has 3 rings (SSSR count). The second-order valence-corrected chi connectivity index (χ2v) is 4.84. The Morgan fingerprint density at radius 3 is 2.95 bits per heavy atom. The first-order valence-electron chi connectivity index (χ1n) is 6.30. The van der Waals surface area contributed by atoms with E-state index < -0.39 is 0 Å². The van der Waals surface area contributed by atoms with Crippen LogP contribution in [0.5, 0.6) is 0 Å². The number of aromatic nitrogens is 2. The zero-order valence-corrected chi connectivity index (χ0v) is 10.8.